The van der Waals surface area contributed by atoms with Gasteiger partial charge in [0.2, 0.25) is 5.91 Å². The average Bonchev–Trinajstić information content (AvgIpc) is 3.59. The van der Waals surface area contributed by atoms with Gasteiger partial charge in [-0.05, 0) is 47.0 Å². The molecule has 210 valence electrons. The quantitative estimate of drug-likeness (QED) is 0.217. The van der Waals surface area contributed by atoms with E-state index in [9.17, 15) is 32.7 Å². The van der Waals surface area contributed by atoms with Gasteiger partial charge >= 0.3 is 18.2 Å². The van der Waals surface area contributed by atoms with Gasteiger partial charge in [0, 0.05) is 9.75 Å². The number of thiophene rings is 2. The molecule has 0 spiro atoms. The van der Waals surface area contributed by atoms with E-state index in [0.717, 1.165) is 34.4 Å². The number of carbonyl (C=O) groups is 3. The molecule has 0 saturated carbocycles. The predicted molar refractivity (Wildman–Crippen MR) is 144 cm³/mol. The number of alkyl halides is 3. The van der Waals surface area contributed by atoms with Gasteiger partial charge in [0.05, 0.1) is 31.1 Å². The number of rotatable bonds is 13. The minimum Gasteiger partial charge on any atom is -0.481 e. The van der Waals surface area contributed by atoms with Crippen LogP contribution in [0.25, 0.3) is 0 Å². The van der Waals surface area contributed by atoms with Gasteiger partial charge in [-0.25, -0.2) is 4.79 Å². The van der Waals surface area contributed by atoms with E-state index in [1.165, 1.54) is 28.7 Å². The van der Waals surface area contributed by atoms with Gasteiger partial charge in [-0.1, -0.05) is 44.0 Å². The highest BCUT2D eigenvalue weighted by molar-refractivity contribution is 7.10. The lowest BCUT2D eigenvalue weighted by molar-refractivity contribution is -0.138. The van der Waals surface area contributed by atoms with Crippen LogP contribution in [0.1, 0.15) is 59.5 Å². The van der Waals surface area contributed by atoms with Crippen LogP contribution >= 0.6 is 22.7 Å². The van der Waals surface area contributed by atoms with E-state index in [2.05, 4.69) is 10.6 Å². The predicted octanol–water partition coefficient (Wildman–Crippen LogP) is 6.43. The number of nitrogens with one attached hydrogen (secondary N) is 2. The molecule has 2 heterocycles. The summed E-state index contributed by atoms with van der Waals surface area (Å²) in [7, 11) is 0. The number of carbonyl (C=O) groups excluding carboxylic acids is 2. The van der Waals surface area contributed by atoms with Gasteiger partial charge in [0.1, 0.15) is 6.04 Å². The van der Waals surface area contributed by atoms with E-state index < -0.39 is 42.2 Å². The van der Waals surface area contributed by atoms with Crippen molar-refractivity contribution < 1.29 is 32.7 Å². The Morgan fingerprint density at radius 2 is 1.62 bits per heavy atom. The van der Waals surface area contributed by atoms with Crippen LogP contribution in [-0.2, 0) is 28.9 Å². The summed E-state index contributed by atoms with van der Waals surface area (Å²) in [6, 6.07) is 8.83. The molecule has 0 aliphatic heterocycles. The molecule has 3 aromatic rings. The molecule has 2 aromatic heterocycles. The highest BCUT2D eigenvalue weighted by Crippen LogP contribution is 2.31. The fourth-order valence-corrected chi connectivity index (χ4v) is 5.43. The molecule has 0 fully saturated rings. The highest BCUT2D eigenvalue weighted by atomic mass is 32.1. The zero-order chi connectivity index (χ0) is 28.4. The first-order valence-electron chi connectivity index (χ1n) is 12.4. The van der Waals surface area contributed by atoms with Gasteiger partial charge in [-0.15, -0.1) is 22.7 Å². The Bertz CT molecular complexity index is 1180. The van der Waals surface area contributed by atoms with Crippen molar-refractivity contribution in [1.82, 2.24) is 15.5 Å². The molecule has 2 atom stereocenters. The van der Waals surface area contributed by atoms with Crippen molar-refractivity contribution in [3.8, 4) is 0 Å². The summed E-state index contributed by atoms with van der Waals surface area (Å²) in [5.41, 5.74) is -0.956. The van der Waals surface area contributed by atoms with E-state index in [0.29, 0.717) is 25.9 Å². The van der Waals surface area contributed by atoms with Crippen molar-refractivity contribution in [2.24, 2.45) is 0 Å². The van der Waals surface area contributed by atoms with Gasteiger partial charge in [-0.2, -0.15) is 13.2 Å². The van der Waals surface area contributed by atoms with Gasteiger partial charge in [0.15, 0.2) is 0 Å². The molecule has 0 aliphatic carbocycles. The second kappa shape index (κ2) is 14.1. The first-order chi connectivity index (χ1) is 18.6. The number of benzene rings is 1. The van der Waals surface area contributed by atoms with Crippen LogP contribution in [0, 0.1) is 0 Å². The van der Waals surface area contributed by atoms with Crippen LogP contribution in [0.3, 0.4) is 0 Å². The van der Waals surface area contributed by atoms with Crippen LogP contribution in [0.2, 0.25) is 0 Å². The number of hydrogen-bond donors (Lipinski definition) is 3. The van der Waals surface area contributed by atoms with E-state index in [1.54, 1.807) is 4.90 Å². The minimum atomic E-state index is -4.63. The maximum atomic E-state index is 13.7. The number of aliphatic carboxylic acids is 1. The second-order valence-electron chi connectivity index (χ2n) is 8.94. The smallest absolute Gasteiger partial charge is 0.416 e. The van der Waals surface area contributed by atoms with Crippen molar-refractivity contribution in [3.05, 3.63) is 80.2 Å². The maximum Gasteiger partial charge on any atom is 0.416 e. The van der Waals surface area contributed by atoms with E-state index in [1.807, 2.05) is 41.9 Å². The van der Waals surface area contributed by atoms with Crippen molar-refractivity contribution in [3.63, 3.8) is 0 Å². The summed E-state index contributed by atoms with van der Waals surface area (Å²) >= 11 is 3.03. The Balaban J connectivity index is 1.80. The monoisotopic (exact) mass is 581 g/mol. The lowest BCUT2D eigenvalue weighted by Gasteiger charge is -2.28. The van der Waals surface area contributed by atoms with Crippen LogP contribution in [0.5, 0.6) is 0 Å². The first kappa shape index (κ1) is 30.2. The Labute approximate surface area is 232 Å². The third-order valence-corrected chi connectivity index (χ3v) is 7.64. The lowest BCUT2D eigenvalue weighted by atomic mass is 10.0. The maximum absolute atomic E-state index is 13.7. The molecule has 0 unspecified atom stereocenters. The standard InChI is InChI=1S/C27H30F3N3O4S2/c1-2-3-11-22(25(36)33(16-20-9-5-12-38-20)17-21-10-6-13-39-21)31-26(37)32-23(15-24(34)35)18-7-4-8-19(14-18)27(28,29)30/h4-10,12-14,22-23H,2-3,11,15-17H2,1H3,(H,34,35)(H2,31,32,37)/t22-,23-/m0/s1. The molecular weight excluding hydrogens is 551 g/mol. The molecule has 0 radical (unpaired) electrons. The summed E-state index contributed by atoms with van der Waals surface area (Å²) in [4.78, 5) is 41.8. The number of unbranched alkanes of at least 4 members (excludes halogenated alkanes) is 1. The number of halogens is 3. The van der Waals surface area contributed by atoms with Gasteiger partial charge < -0.3 is 20.6 Å². The van der Waals surface area contributed by atoms with Crippen molar-refractivity contribution >= 4 is 40.6 Å². The van der Waals surface area contributed by atoms with Crippen LogP contribution in [-0.4, -0.2) is 34.0 Å². The molecule has 3 N–H and O–H groups in total. The second-order valence-corrected chi connectivity index (χ2v) is 11.0. The number of urea groups is 1. The zero-order valence-electron chi connectivity index (χ0n) is 21.2. The van der Waals surface area contributed by atoms with Crippen molar-refractivity contribution in [2.45, 2.75) is 64.0 Å². The van der Waals surface area contributed by atoms with Gasteiger partial charge in [-0.3, -0.25) is 9.59 Å². The van der Waals surface area contributed by atoms with Crippen LogP contribution < -0.4 is 10.6 Å². The number of nitrogens with zero attached hydrogens (tertiary/aromatic N) is 1. The summed E-state index contributed by atoms with van der Waals surface area (Å²) in [6.45, 7) is 2.66. The Morgan fingerprint density at radius 3 is 2.13 bits per heavy atom. The summed E-state index contributed by atoms with van der Waals surface area (Å²) < 4.78 is 39.7. The summed E-state index contributed by atoms with van der Waals surface area (Å²) in [6.07, 6.45) is -3.49. The molecule has 3 amide bonds. The third kappa shape index (κ3) is 9.39. The van der Waals surface area contributed by atoms with Crippen LogP contribution in [0.15, 0.2) is 59.3 Å². The number of hydrogen-bond acceptors (Lipinski definition) is 5. The van der Waals surface area contributed by atoms with Crippen molar-refractivity contribution in [2.75, 3.05) is 0 Å². The normalized spacial score (nSPS) is 12.9. The van der Waals surface area contributed by atoms with Gasteiger partial charge in [0.25, 0.3) is 0 Å². The first-order valence-corrected chi connectivity index (χ1v) is 14.1. The Kier molecular flexibility index (Phi) is 10.9. The molecule has 0 aliphatic rings. The van der Waals surface area contributed by atoms with Crippen LogP contribution in [0.4, 0.5) is 18.0 Å². The van der Waals surface area contributed by atoms with Crippen molar-refractivity contribution in [1.29, 1.82) is 0 Å². The Hall–Kier alpha value is -3.38. The number of carboxylic acid groups (broad SMARTS) is 1. The molecule has 0 bridgehead atoms. The summed E-state index contributed by atoms with van der Waals surface area (Å²) in [5.74, 6) is -1.59. The minimum absolute atomic E-state index is 0.00386. The summed E-state index contributed by atoms with van der Waals surface area (Å²) in [5, 5.41) is 18.3. The zero-order valence-corrected chi connectivity index (χ0v) is 22.9. The molecular formula is C27H30F3N3O4S2. The molecule has 3 rings (SSSR count). The van der Waals surface area contributed by atoms with E-state index in [-0.39, 0.29) is 11.5 Å². The Morgan fingerprint density at radius 1 is 0.974 bits per heavy atom. The molecule has 12 heteroatoms. The largest absolute Gasteiger partial charge is 0.481 e. The number of amides is 3. The fourth-order valence-electron chi connectivity index (χ4n) is 4.00. The van der Waals surface area contributed by atoms with E-state index >= 15 is 0 Å². The molecule has 1 aromatic carbocycles. The third-order valence-electron chi connectivity index (χ3n) is 5.92. The molecule has 39 heavy (non-hydrogen) atoms. The fraction of sp³-hybridized carbons (Fsp3) is 0.370. The lowest BCUT2D eigenvalue weighted by Crippen LogP contribution is -2.51. The highest BCUT2D eigenvalue weighted by Gasteiger charge is 2.32. The SMILES string of the molecule is CCCC[C@H](NC(=O)N[C@@H](CC(=O)O)c1cccc(C(F)(F)F)c1)C(=O)N(Cc1cccs1)Cc1cccs1. The molecule has 7 nitrogen and oxygen atoms in total. The topological polar surface area (TPSA) is 98.7 Å². The molecule has 0 saturated heterocycles. The number of carboxylic acids is 1. The average molecular weight is 582 g/mol. The van der Waals surface area contributed by atoms with E-state index in [4.69, 9.17) is 0 Å².